The average Bonchev–Trinajstić information content (AvgIpc) is 2.98. The topological polar surface area (TPSA) is 24.9 Å². The van der Waals surface area contributed by atoms with Gasteiger partial charge in [-0.05, 0) is 30.9 Å². The van der Waals surface area contributed by atoms with Crippen LogP contribution in [0.15, 0.2) is 6.20 Å². The second-order valence-corrected chi connectivity index (χ2v) is 6.87. The average molecular weight is 270 g/mol. The Morgan fingerprint density at radius 3 is 3.06 bits per heavy atom. The van der Waals surface area contributed by atoms with Gasteiger partial charge in [-0.15, -0.1) is 11.3 Å². The minimum absolute atomic E-state index is 0.991. The number of nitrogens with one attached hydrogen (secondary N) is 1. The van der Waals surface area contributed by atoms with Crippen LogP contribution in [0.3, 0.4) is 0 Å². The van der Waals surface area contributed by atoms with Crippen LogP contribution in [0.25, 0.3) is 0 Å². The summed E-state index contributed by atoms with van der Waals surface area (Å²) in [5, 5.41) is 4.43. The fourth-order valence-electron chi connectivity index (χ4n) is 2.19. The molecule has 1 N–H and O–H groups in total. The summed E-state index contributed by atoms with van der Waals surface area (Å²) in [5.41, 5.74) is 0. The zero-order valence-electron chi connectivity index (χ0n) is 10.6. The van der Waals surface area contributed by atoms with Gasteiger partial charge in [0.15, 0.2) is 5.13 Å². The van der Waals surface area contributed by atoms with Gasteiger partial charge in [0.1, 0.15) is 0 Å². The molecule has 1 aromatic rings. The van der Waals surface area contributed by atoms with Crippen LogP contribution >= 0.6 is 23.1 Å². The van der Waals surface area contributed by atoms with E-state index in [1.165, 1.54) is 36.3 Å². The Hall–Kier alpha value is -0.220. The molecule has 0 aromatic carbocycles. The van der Waals surface area contributed by atoms with E-state index >= 15 is 0 Å². The van der Waals surface area contributed by atoms with Crippen LogP contribution in [0.2, 0.25) is 0 Å². The van der Waals surface area contributed by atoms with Gasteiger partial charge in [0.05, 0.1) is 0 Å². The molecule has 1 fully saturated rings. The lowest BCUT2D eigenvalue weighted by Gasteiger charge is -2.06. The molecule has 4 heteroatoms. The molecule has 0 amide bonds. The molecule has 1 heterocycles. The van der Waals surface area contributed by atoms with Gasteiger partial charge in [0.25, 0.3) is 0 Å². The van der Waals surface area contributed by atoms with Gasteiger partial charge < -0.3 is 5.32 Å². The molecule has 1 aliphatic carbocycles. The van der Waals surface area contributed by atoms with Crippen molar-refractivity contribution in [1.82, 2.24) is 4.98 Å². The SMILES string of the molecule is CCCNc1ncc(CSCC2CCCC2)s1. The Labute approximate surface area is 113 Å². The standard InChI is InChI=1S/C13H22N2S2/c1-2-7-14-13-15-8-12(17-13)10-16-9-11-5-3-4-6-11/h8,11H,2-7,9-10H2,1H3,(H,14,15). The molecule has 2 rings (SSSR count). The lowest BCUT2D eigenvalue weighted by atomic mass is 10.1. The van der Waals surface area contributed by atoms with Crippen molar-refractivity contribution in [2.24, 2.45) is 5.92 Å². The van der Waals surface area contributed by atoms with Crippen molar-refractivity contribution in [3.63, 3.8) is 0 Å². The van der Waals surface area contributed by atoms with Gasteiger partial charge in [0.2, 0.25) is 0 Å². The minimum Gasteiger partial charge on any atom is -0.362 e. The molecular weight excluding hydrogens is 248 g/mol. The molecule has 0 radical (unpaired) electrons. The van der Waals surface area contributed by atoms with Gasteiger partial charge in [-0.1, -0.05) is 19.8 Å². The van der Waals surface area contributed by atoms with E-state index < -0.39 is 0 Å². The first-order chi connectivity index (χ1) is 8.38. The lowest BCUT2D eigenvalue weighted by Crippen LogP contribution is -1.97. The molecule has 0 bridgehead atoms. The highest BCUT2D eigenvalue weighted by molar-refractivity contribution is 7.98. The first-order valence-corrected chi connectivity index (χ1v) is 8.62. The third-order valence-corrected chi connectivity index (χ3v) is 5.51. The third kappa shape index (κ3) is 4.51. The summed E-state index contributed by atoms with van der Waals surface area (Å²) >= 11 is 3.90. The van der Waals surface area contributed by atoms with E-state index in [0.29, 0.717) is 0 Å². The molecule has 17 heavy (non-hydrogen) atoms. The predicted octanol–water partition coefficient (Wildman–Crippen LogP) is 4.39. The fourth-order valence-corrected chi connectivity index (χ4v) is 4.37. The second kappa shape index (κ2) is 7.27. The van der Waals surface area contributed by atoms with Gasteiger partial charge in [-0.3, -0.25) is 0 Å². The van der Waals surface area contributed by atoms with Crippen LogP contribution in [-0.2, 0) is 5.75 Å². The zero-order chi connectivity index (χ0) is 11.9. The second-order valence-electron chi connectivity index (χ2n) is 4.72. The lowest BCUT2D eigenvalue weighted by molar-refractivity contribution is 0.623. The Balaban J connectivity index is 1.65. The Kier molecular flexibility index (Phi) is 5.65. The zero-order valence-corrected chi connectivity index (χ0v) is 12.2. The Morgan fingerprint density at radius 1 is 1.47 bits per heavy atom. The predicted molar refractivity (Wildman–Crippen MR) is 79.0 cm³/mol. The third-order valence-electron chi connectivity index (χ3n) is 3.15. The van der Waals surface area contributed by atoms with Gasteiger partial charge in [0, 0.05) is 23.4 Å². The van der Waals surface area contributed by atoms with Gasteiger partial charge >= 0.3 is 0 Å². The number of aromatic nitrogens is 1. The fraction of sp³-hybridized carbons (Fsp3) is 0.769. The monoisotopic (exact) mass is 270 g/mol. The summed E-state index contributed by atoms with van der Waals surface area (Å²) in [4.78, 5) is 5.81. The highest BCUT2D eigenvalue weighted by atomic mass is 32.2. The molecule has 0 spiro atoms. The first kappa shape index (κ1) is 13.2. The number of nitrogens with zero attached hydrogens (tertiary/aromatic N) is 1. The highest BCUT2D eigenvalue weighted by Crippen LogP contribution is 2.30. The quantitative estimate of drug-likeness (QED) is 0.795. The number of rotatable bonds is 7. The van der Waals surface area contributed by atoms with E-state index in [-0.39, 0.29) is 0 Å². The molecule has 0 unspecified atom stereocenters. The van der Waals surface area contributed by atoms with Crippen LogP contribution in [-0.4, -0.2) is 17.3 Å². The largest absolute Gasteiger partial charge is 0.362 e. The molecule has 2 nitrogen and oxygen atoms in total. The summed E-state index contributed by atoms with van der Waals surface area (Å²) < 4.78 is 0. The van der Waals surface area contributed by atoms with E-state index in [0.717, 1.165) is 29.8 Å². The van der Waals surface area contributed by atoms with Crippen molar-refractivity contribution >= 4 is 28.2 Å². The highest BCUT2D eigenvalue weighted by Gasteiger charge is 2.14. The summed E-state index contributed by atoms with van der Waals surface area (Å²) in [6.07, 6.45) is 9.02. The van der Waals surface area contributed by atoms with E-state index in [1.807, 2.05) is 17.5 Å². The molecule has 1 aliphatic rings. The van der Waals surface area contributed by atoms with Gasteiger partial charge in [-0.2, -0.15) is 11.8 Å². The molecule has 96 valence electrons. The smallest absolute Gasteiger partial charge is 0.182 e. The summed E-state index contributed by atoms with van der Waals surface area (Å²) in [5.74, 6) is 3.48. The van der Waals surface area contributed by atoms with Crippen LogP contribution < -0.4 is 5.32 Å². The number of hydrogen-bond acceptors (Lipinski definition) is 4. The number of thiazole rings is 1. The van der Waals surface area contributed by atoms with Crippen LogP contribution in [0.1, 0.15) is 43.9 Å². The summed E-state index contributed by atoms with van der Waals surface area (Å²) in [6.45, 7) is 3.21. The maximum absolute atomic E-state index is 4.40. The molecule has 1 aromatic heterocycles. The van der Waals surface area contributed by atoms with Crippen LogP contribution in [0, 0.1) is 5.92 Å². The van der Waals surface area contributed by atoms with Crippen molar-refractivity contribution in [2.45, 2.75) is 44.8 Å². The maximum Gasteiger partial charge on any atom is 0.182 e. The number of thioether (sulfide) groups is 1. The normalized spacial score (nSPS) is 16.5. The molecule has 0 aliphatic heterocycles. The first-order valence-electron chi connectivity index (χ1n) is 6.65. The van der Waals surface area contributed by atoms with Gasteiger partial charge in [-0.25, -0.2) is 4.98 Å². The Morgan fingerprint density at radius 2 is 2.29 bits per heavy atom. The summed E-state index contributed by atoms with van der Waals surface area (Å²) in [6, 6.07) is 0. The van der Waals surface area contributed by atoms with Crippen molar-refractivity contribution in [3.05, 3.63) is 11.1 Å². The van der Waals surface area contributed by atoms with E-state index in [2.05, 4.69) is 29.0 Å². The molecule has 0 atom stereocenters. The van der Waals surface area contributed by atoms with Crippen LogP contribution in [0.5, 0.6) is 0 Å². The van der Waals surface area contributed by atoms with Crippen molar-refractivity contribution in [2.75, 3.05) is 17.6 Å². The minimum atomic E-state index is 0.991. The van der Waals surface area contributed by atoms with Crippen molar-refractivity contribution in [3.8, 4) is 0 Å². The van der Waals surface area contributed by atoms with Crippen molar-refractivity contribution < 1.29 is 0 Å². The molecular formula is C13H22N2S2. The van der Waals surface area contributed by atoms with Crippen molar-refractivity contribution in [1.29, 1.82) is 0 Å². The van der Waals surface area contributed by atoms with E-state index in [4.69, 9.17) is 0 Å². The number of anilines is 1. The summed E-state index contributed by atoms with van der Waals surface area (Å²) in [7, 11) is 0. The molecule has 1 saturated carbocycles. The Bertz CT molecular complexity index is 319. The molecule has 0 saturated heterocycles. The van der Waals surface area contributed by atoms with E-state index in [9.17, 15) is 0 Å². The maximum atomic E-state index is 4.40. The van der Waals surface area contributed by atoms with E-state index in [1.54, 1.807) is 0 Å². The number of hydrogen-bond donors (Lipinski definition) is 1. The van der Waals surface area contributed by atoms with Crippen LogP contribution in [0.4, 0.5) is 5.13 Å².